The van der Waals surface area contributed by atoms with Crippen molar-refractivity contribution in [2.45, 2.75) is 51.2 Å². The molecule has 10 heteroatoms. The van der Waals surface area contributed by atoms with Crippen LogP contribution >= 0.6 is 0 Å². The number of hydrogen-bond donors (Lipinski definition) is 1. The third kappa shape index (κ3) is 4.53. The van der Waals surface area contributed by atoms with E-state index in [9.17, 15) is 24.4 Å². The van der Waals surface area contributed by atoms with Crippen LogP contribution in [0, 0.1) is 15.9 Å². The summed E-state index contributed by atoms with van der Waals surface area (Å²) in [6.07, 6.45) is 0.547. The van der Waals surface area contributed by atoms with Gasteiger partial charge in [0.15, 0.2) is 6.10 Å². The molecular weight excluding hydrogens is 395 g/mol. The van der Waals surface area contributed by atoms with Crippen molar-refractivity contribution < 1.29 is 24.0 Å². The number of aliphatic hydroxyl groups excluding tert-OH is 1. The lowest BCUT2D eigenvalue weighted by Gasteiger charge is -2.33. The number of nitrogens with zero attached hydrogens (tertiary/aromatic N) is 4. The van der Waals surface area contributed by atoms with Crippen molar-refractivity contribution in [1.29, 1.82) is 0 Å². The van der Waals surface area contributed by atoms with Gasteiger partial charge in [-0.1, -0.05) is 0 Å². The van der Waals surface area contributed by atoms with Crippen LogP contribution in [-0.4, -0.2) is 55.8 Å². The monoisotopic (exact) mass is 422 g/mol. The molecule has 164 valence electrons. The van der Waals surface area contributed by atoms with Gasteiger partial charge in [0.05, 0.1) is 11.9 Å². The van der Waals surface area contributed by atoms with E-state index in [4.69, 9.17) is 4.74 Å². The van der Waals surface area contributed by atoms with Gasteiger partial charge in [0.1, 0.15) is 17.1 Å². The van der Waals surface area contributed by atoms with E-state index in [0.29, 0.717) is 48.2 Å². The Labute approximate surface area is 173 Å². The van der Waals surface area contributed by atoms with Gasteiger partial charge in [0.25, 0.3) is 0 Å². The van der Waals surface area contributed by atoms with Gasteiger partial charge in [-0.2, -0.15) is 0 Å². The van der Waals surface area contributed by atoms with Crippen molar-refractivity contribution in [3.8, 4) is 0 Å². The summed E-state index contributed by atoms with van der Waals surface area (Å²) in [5.41, 5.74) is 0.659. The second-order valence-corrected chi connectivity index (χ2v) is 8.66. The second-order valence-electron chi connectivity index (χ2n) is 8.66. The zero-order valence-corrected chi connectivity index (χ0v) is 17.6. The molecule has 3 rings (SSSR count). The molecule has 2 aromatic rings. The van der Waals surface area contributed by atoms with E-state index < -0.39 is 29.0 Å². The molecule has 0 spiro atoms. The number of pyridine rings is 1. The van der Waals surface area contributed by atoms with Crippen molar-refractivity contribution in [3.63, 3.8) is 0 Å². The fourth-order valence-electron chi connectivity index (χ4n) is 3.93. The summed E-state index contributed by atoms with van der Waals surface area (Å²) < 4.78 is 21.8. The highest BCUT2D eigenvalue weighted by atomic mass is 19.1. The summed E-state index contributed by atoms with van der Waals surface area (Å²) >= 11 is 0. The van der Waals surface area contributed by atoms with Crippen molar-refractivity contribution in [3.05, 3.63) is 39.5 Å². The maximum absolute atomic E-state index is 14.8. The third-order valence-electron chi connectivity index (χ3n) is 5.30. The highest BCUT2D eigenvalue weighted by Gasteiger charge is 2.31. The number of ether oxygens (including phenoxy) is 1. The number of halogens is 1. The number of carbonyl (C=O) groups is 1. The largest absolute Gasteiger partial charge is 0.444 e. The predicted molar refractivity (Wildman–Crippen MR) is 107 cm³/mol. The van der Waals surface area contributed by atoms with E-state index in [0.717, 1.165) is 6.20 Å². The minimum absolute atomic E-state index is 0.142. The number of nitro groups is 1. The van der Waals surface area contributed by atoms with Gasteiger partial charge >= 0.3 is 6.09 Å². The maximum atomic E-state index is 14.8. The quantitative estimate of drug-likeness (QED) is 0.599. The minimum Gasteiger partial charge on any atom is -0.444 e. The lowest BCUT2D eigenvalue weighted by Crippen LogP contribution is -2.41. The van der Waals surface area contributed by atoms with Crippen LogP contribution in [0.3, 0.4) is 0 Å². The number of aryl methyl sites for hydroxylation is 1. The summed E-state index contributed by atoms with van der Waals surface area (Å²) in [7, 11) is 1.64. The van der Waals surface area contributed by atoms with E-state index in [1.807, 2.05) is 0 Å². The molecule has 0 aromatic carbocycles. The zero-order chi connectivity index (χ0) is 22.2. The van der Waals surface area contributed by atoms with Gasteiger partial charge in [0, 0.05) is 36.0 Å². The normalized spacial score (nSPS) is 16.7. The fourth-order valence-corrected chi connectivity index (χ4v) is 3.93. The van der Waals surface area contributed by atoms with Gasteiger partial charge in [-0.25, -0.2) is 14.2 Å². The number of aliphatic hydroxyl groups is 1. The molecular formula is C20H27FN4O5. The van der Waals surface area contributed by atoms with Crippen LogP contribution in [-0.2, 0) is 11.8 Å². The van der Waals surface area contributed by atoms with Crippen molar-refractivity contribution in [2.24, 2.45) is 7.05 Å². The lowest BCUT2D eigenvalue weighted by atomic mass is 9.88. The molecule has 1 aliphatic heterocycles. The number of hydrogen-bond acceptors (Lipinski definition) is 6. The molecule has 1 saturated heterocycles. The van der Waals surface area contributed by atoms with Crippen molar-refractivity contribution in [1.82, 2.24) is 14.5 Å². The van der Waals surface area contributed by atoms with E-state index >= 15 is 0 Å². The molecule has 9 nitrogen and oxygen atoms in total. The maximum Gasteiger partial charge on any atom is 0.410 e. The molecule has 30 heavy (non-hydrogen) atoms. The number of carbonyl (C=O) groups excluding carboxylic acids is 1. The first-order valence-electron chi connectivity index (χ1n) is 9.89. The zero-order valence-electron chi connectivity index (χ0n) is 17.6. The van der Waals surface area contributed by atoms with E-state index in [1.165, 1.54) is 0 Å². The van der Waals surface area contributed by atoms with Gasteiger partial charge in [-0.05, 0) is 45.6 Å². The standard InChI is InChI=1S/C20H27FN4O5/c1-20(2,3)30-19(27)24-7-5-12(6-8-24)17-13-9-15(16(26)11-25(28)29)23(4)18(13)22-10-14(17)21/h9-10,12,16,26H,5-8,11H2,1-4H3. The molecule has 0 radical (unpaired) electrons. The van der Waals surface area contributed by atoms with Crippen LogP contribution < -0.4 is 0 Å². The number of piperidine rings is 1. The summed E-state index contributed by atoms with van der Waals surface area (Å²) in [4.78, 5) is 28.2. The molecule has 1 fully saturated rings. The van der Waals surface area contributed by atoms with Crippen LogP contribution in [0.4, 0.5) is 9.18 Å². The molecule has 1 amide bonds. The molecule has 1 N–H and O–H groups in total. The topological polar surface area (TPSA) is 111 Å². The van der Waals surface area contributed by atoms with Crippen molar-refractivity contribution >= 4 is 17.1 Å². The molecule has 3 heterocycles. The summed E-state index contributed by atoms with van der Waals surface area (Å²) in [5.74, 6) is -0.601. The van der Waals surface area contributed by atoms with Crippen LogP contribution in [0.2, 0.25) is 0 Å². The average Bonchev–Trinajstić information content (AvgIpc) is 2.96. The number of likely N-dealkylation sites (tertiary alicyclic amines) is 1. The summed E-state index contributed by atoms with van der Waals surface area (Å²) in [5, 5.41) is 21.5. The van der Waals surface area contributed by atoms with E-state index in [-0.39, 0.29) is 12.0 Å². The Balaban J connectivity index is 1.85. The third-order valence-corrected chi connectivity index (χ3v) is 5.30. The lowest BCUT2D eigenvalue weighted by molar-refractivity contribution is -0.491. The second kappa shape index (κ2) is 8.17. The smallest absolute Gasteiger partial charge is 0.410 e. The SMILES string of the molecule is Cn1c(C(O)C[N+](=O)[O-])cc2c(C3CCN(C(=O)OC(C)(C)C)CC3)c(F)cnc21. The molecule has 0 saturated carbocycles. The van der Waals surface area contributed by atoms with Gasteiger partial charge in [-0.15, -0.1) is 0 Å². The van der Waals surface area contributed by atoms with E-state index in [2.05, 4.69) is 4.98 Å². The molecule has 2 aromatic heterocycles. The molecule has 0 aliphatic carbocycles. The number of amides is 1. The first-order chi connectivity index (χ1) is 14.0. The Morgan fingerprint density at radius 2 is 2.07 bits per heavy atom. The fraction of sp³-hybridized carbons (Fsp3) is 0.600. The summed E-state index contributed by atoms with van der Waals surface area (Å²) in [6, 6.07) is 1.58. The number of aromatic nitrogens is 2. The van der Waals surface area contributed by atoms with Gasteiger partial charge < -0.3 is 19.3 Å². The Hall–Kier alpha value is -2.75. The summed E-state index contributed by atoms with van der Waals surface area (Å²) in [6.45, 7) is 5.65. The minimum atomic E-state index is -1.32. The van der Waals surface area contributed by atoms with Crippen LogP contribution in [0.15, 0.2) is 12.3 Å². The first-order valence-corrected chi connectivity index (χ1v) is 9.89. The molecule has 1 atom stereocenters. The Morgan fingerprint density at radius 1 is 1.43 bits per heavy atom. The molecule has 1 aliphatic rings. The van der Waals surface area contributed by atoms with Gasteiger partial charge in [-0.3, -0.25) is 10.1 Å². The Morgan fingerprint density at radius 3 is 2.63 bits per heavy atom. The average molecular weight is 422 g/mol. The molecule has 1 unspecified atom stereocenters. The number of fused-ring (bicyclic) bond motifs is 1. The highest BCUT2D eigenvalue weighted by Crippen LogP contribution is 2.36. The van der Waals surface area contributed by atoms with Gasteiger partial charge in [0.2, 0.25) is 6.54 Å². The van der Waals surface area contributed by atoms with Crippen molar-refractivity contribution in [2.75, 3.05) is 19.6 Å². The van der Waals surface area contributed by atoms with Crippen LogP contribution in [0.25, 0.3) is 11.0 Å². The van der Waals surface area contributed by atoms with E-state index in [1.54, 1.807) is 43.4 Å². The Bertz CT molecular complexity index is 960. The predicted octanol–water partition coefficient (Wildman–Crippen LogP) is 3.14. The molecule has 0 bridgehead atoms. The van der Waals surface area contributed by atoms with Crippen LogP contribution in [0.1, 0.15) is 56.9 Å². The first kappa shape index (κ1) is 21.9. The number of rotatable bonds is 4. The van der Waals surface area contributed by atoms with Crippen LogP contribution in [0.5, 0.6) is 0 Å². The Kier molecular flexibility index (Phi) is 5.98. The highest BCUT2D eigenvalue weighted by molar-refractivity contribution is 5.82.